The Morgan fingerprint density at radius 2 is 1.96 bits per heavy atom. The molecule has 7 atom stereocenters. The molecule has 2 aromatic rings. The van der Waals surface area contributed by atoms with E-state index in [1.165, 1.54) is 6.92 Å². The summed E-state index contributed by atoms with van der Waals surface area (Å²) in [4.78, 5) is 30.6. The summed E-state index contributed by atoms with van der Waals surface area (Å²) >= 11 is 1.55. The van der Waals surface area contributed by atoms with E-state index in [-0.39, 0.29) is 37.2 Å². The third kappa shape index (κ3) is 4.75. The Balaban J connectivity index is 1.53. The monoisotopic (exact) mass is 664 g/mol. The number of aromatic hydroxyl groups is 1. The maximum absolute atomic E-state index is 13.5. The zero-order valence-electron chi connectivity index (χ0n) is 27.4. The van der Waals surface area contributed by atoms with E-state index in [4.69, 9.17) is 23.7 Å². The maximum atomic E-state index is 13.5. The minimum atomic E-state index is -0.634. The number of phenolic OH excluding ortho intramolecular Hbond substituents is 1. The number of ether oxygens (including phenoxy) is 5. The first-order chi connectivity index (χ1) is 22.6. The third-order valence-corrected chi connectivity index (χ3v) is 11.7. The molecule has 0 amide bonds. The Labute approximate surface area is 278 Å². The first-order valence-corrected chi connectivity index (χ1v) is 17.1. The van der Waals surface area contributed by atoms with Gasteiger partial charge in [-0.05, 0) is 51.4 Å². The van der Waals surface area contributed by atoms with E-state index in [1.54, 1.807) is 18.9 Å². The molecule has 250 valence electrons. The molecule has 6 aliphatic rings. The van der Waals surface area contributed by atoms with E-state index in [2.05, 4.69) is 27.3 Å². The molecule has 0 radical (unpaired) electrons. The average Bonchev–Trinajstić information content (AvgIpc) is 3.53. The molecule has 4 bridgehead atoms. The Kier molecular flexibility index (Phi) is 8.19. The number of esters is 2. The fourth-order valence-corrected chi connectivity index (χ4v) is 9.97. The first-order valence-electron chi connectivity index (χ1n) is 16.1. The average molecular weight is 665 g/mol. The number of fused-ring (bicyclic) bond motifs is 10. The van der Waals surface area contributed by atoms with Crippen LogP contribution in [0.1, 0.15) is 71.0 Å². The fourth-order valence-electron chi connectivity index (χ4n) is 8.43. The highest BCUT2D eigenvalue weighted by Gasteiger charge is 2.60. The third-order valence-electron chi connectivity index (χ3n) is 10.3. The quantitative estimate of drug-likeness (QED) is 0.355. The van der Waals surface area contributed by atoms with Gasteiger partial charge in [0.15, 0.2) is 23.0 Å². The van der Waals surface area contributed by atoms with Gasteiger partial charge in [-0.2, -0.15) is 5.26 Å². The van der Waals surface area contributed by atoms with Crippen LogP contribution < -0.4 is 24.3 Å². The molecule has 0 aromatic heterocycles. The molecule has 47 heavy (non-hydrogen) atoms. The van der Waals surface area contributed by atoms with Gasteiger partial charge in [-0.3, -0.25) is 19.4 Å². The Morgan fingerprint density at radius 3 is 2.66 bits per heavy atom. The van der Waals surface area contributed by atoms with Gasteiger partial charge in [0.25, 0.3) is 0 Å². The van der Waals surface area contributed by atoms with Crippen LogP contribution in [-0.2, 0) is 20.7 Å². The largest absolute Gasteiger partial charge is 0.504 e. The highest BCUT2D eigenvalue weighted by Crippen LogP contribution is 2.64. The molecule has 2 N–H and O–H groups in total. The van der Waals surface area contributed by atoms with Gasteiger partial charge in [-0.15, -0.1) is 11.8 Å². The number of aryl methyl sites for hydroxylation is 1. The van der Waals surface area contributed by atoms with E-state index in [0.29, 0.717) is 52.8 Å². The number of nitrogens with zero attached hydrogens (tertiary/aromatic N) is 3. The van der Waals surface area contributed by atoms with Crippen molar-refractivity contribution in [1.29, 1.82) is 5.26 Å². The van der Waals surface area contributed by atoms with Gasteiger partial charge in [0.1, 0.15) is 24.4 Å². The van der Waals surface area contributed by atoms with Crippen molar-refractivity contribution in [2.75, 3.05) is 39.9 Å². The molecule has 12 nitrogen and oxygen atoms in total. The summed E-state index contributed by atoms with van der Waals surface area (Å²) in [7, 11) is 3.56. The lowest BCUT2D eigenvalue weighted by Crippen LogP contribution is -2.69. The van der Waals surface area contributed by atoms with Crippen LogP contribution in [0.5, 0.6) is 28.7 Å². The second-order valence-corrected chi connectivity index (χ2v) is 14.1. The molecule has 1 unspecified atom stereocenters. The zero-order valence-corrected chi connectivity index (χ0v) is 28.2. The van der Waals surface area contributed by atoms with Crippen molar-refractivity contribution in [3.63, 3.8) is 0 Å². The lowest BCUT2D eigenvalue weighted by Gasteiger charge is -2.61. The molecule has 8 rings (SSSR count). The van der Waals surface area contributed by atoms with Crippen LogP contribution in [0.2, 0.25) is 0 Å². The van der Waals surface area contributed by atoms with Crippen molar-refractivity contribution in [3.05, 3.63) is 39.4 Å². The highest BCUT2D eigenvalue weighted by molar-refractivity contribution is 7.99. The number of nitrogens with one attached hydrogen (secondary N) is 1. The fraction of sp³-hybridized carbons (Fsp3) is 0.559. The van der Waals surface area contributed by atoms with E-state index >= 15 is 0 Å². The molecule has 0 aliphatic carbocycles. The summed E-state index contributed by atoms with van der Waals surface area (Å²) in [6.45, 7) is 7.74. The van der Waals surface area contributed by atoms with Crippen LogP contribution in [-0.4, -0.2) is 90.9 Å². The summed E-state index contributed by atoms with van der Waals surface area (Å²) in [5.74, 6) is 1.41. The minimum Gasteiger partial charge on any atom is -0.504 e. The second kappa shape index (κ2) is 12.1. The smallest absolute Gasteiger partial charge is 0.324 e. The SMILES string of the molecule is CCCN[C@H]1CS[C@@H]2c3c(OC(C)=O)c(C)c4c(c3[C@H](COC1=O)N1C2[C@H]2c3c(cc(C)c(OC)c3O)C[C@@H]([C@@H]1C#N)N2C)OCO4. The van der Waals surface area contributed by atoms with Gasteiger partial charge in [-0.25, -0.2) is 0 Å². The number of carbonyl (C=O) groups is 2. The molecule has 0 saturated carbocycles. The number of likely N-dealkylation sites (N-methyl/N-ethyl adjacent to an activating group) is 1. The van der Waals surface area contributed by atoms with E-state index in [9.17, 15) is 20.0 Å². The Morgan fingerprint density at radius 1 is 1.19 bits per heavy atom. The molecular weight excluding hydrogens is 624 g/mol. The number of hydrogen-bond acceptors (Lipinski definition) is 13. The lowest BCUT2D eigenvalue weighted by atomic mass is 9.71. The van der Waals surface area contributed by atoms with Crippen LogP contribution in [0.3, 0.4) is 0 Å². The molecule has 2 aromatic carbocycles. The van der Waals surface area contributed by atoms with Crippen LogP contribution in [0.4, 0.5) is 0 Å². The lowest BCUT2D eigenvalue weighted by molar-refractivity contribution is -0.151. The molecule has 2 fully saturated rings. The van der Waals surface area contributed by atoms with Gasteiger partial charge < -0.3 is 34.1 Å². The summed E-state index contributed by atoms with van der Waals surface area (Å²) < 4.78 is 29.9. The van der Waals surface area contributed by atoms with Gasteiger partial charge >= 0.3 is 11.9 Å². The molecule has 2 saturated heterocycles. The van der Waals surface area contributed by atoms with Gasteiger partial charge in [0.2, 0.25) is 6.79 Å². The van der Waals surface area contributed by atoms with Crippen LogP contribution >= 0.6 is 11.8 Å². The van der Waals surface area contributed by atoms with Gasteiger partial charge in [0, 0.05) is 47.0 Å². The number of hydrogen-bond donors (Lipinski definition) is 2. The van der Waals surface area contributed by atoms with Crippen molar-refractivity contribution in [3.8, 4) is 34.8 Å². The van der Waals surface area contributed by atoms with Crippen molar-refractivity contribution in [2.24, 2.45) is 0 Å². The van der Waals surface area contributed by atoms with Crippen LogP contribution in [0, 0.1) is 25.2 Å². The van der Waals surface area contributed by atoms with Gasteiger partial charge in [-0.1, -0.05) is 13.0 Å². The Bertz CT molecular complexity index is 1690. The molecule has 13 heteroatoms. The van der Waals surface area contributed by atoms with Crippen LogP contribution in [0.15, 0.2) is 6.07 Å². The number of piperazine rings is 1. The highest BCUT2D eigenvalue weighted by atomic mass is 32.2. The van der Waals surface area contributed by atoms with Crippen molar-refractivity contribution < 1.29 is 38.4 Å². The number of nitriles is 1. The normalized spacial score (nSPS) is 29.2. The number of benzene rings is 2. The molecule has 6 aliphatic heterocycles. The second-order valence-electron chi connectivity index (χ2n) is 12.9. The van der Waals surface area contributed by atoms with Crippen LogP contribution in [0.25, 0.3) is 0 Å². The zero-order chi connectivity index (χ0) is 33.3. The predicted molar refractivity (Wildman–Crippen MR) is 172 cm³/mol. The number of carbonyl (C=O) groups excluding carboxylic acids is 2. The number of phenols is 1. The molecule has 6 heterocycles. The maximum Gasteiger partial charge on any atom is 0.324 e. The summed E-state index contributed by atoms with van der Waals surface area (Å²) in [6, 6.07) is 1.84. The number of rotatable bonds is 5. The summed E-state index contributed by atoms with van der Waals surface area (Å²) in [5.41, 5.74) is 4.66. The summed E-state index contributed by atoms with van der Waals surface area (Å²) in [5, 5.41) is 25.7. The topological polar surface area (TPSA) is 143 Å². The predicted octanol–water partition coefficient (Wildman–Crippen LogP) is 3.60. The Hall–Kier alpha value is -3.70. The summed E-state index contributed by atoms with van der Waals surface area (Å²) in [6.07, 6.45) is 1.38. The standard InChI is InChI=1S/C34H40N4O8S/c1-7-8-36-19-13-47-33-25-24(32-31(44-14-45-32)16(3)30(25)46-17(4)39)22(12-43-34(19)41)38-21(11-35)20-10-18-9-15(2)29(42-6)28(40)23(18)26(27(33)38)37(20)5/h9,19-22,26-27,33,36,40H,7-8,10,12-14H2,1-6H3/t19-,20-,21-,22-,26+,27?,33+/m0/s1. The van der Waals surface area contributed by atoms with Crippen molar-refractivity contribution >= 4 is 23.7 Å². The molecule has 0 spiro atoms. The van der Waals surface area contributed by atoms with E-state index in [0.717, 1.165) is 28.7 Å². The van der Waals surface area contributed by atoms with E-state index < -0.39 is 35.4 Å². The molecular formula is C34H40N4O8S. The minimum absolute atomic E-state index is 0.0149. The van der Waals surface area contributed by atoms with E-state index in [1.807, 2.05) is 27.8 Å². The van der Waals surface area contributed by atoms with Crippen molar-refractivity contribution in [1.82, 2.24) is 15.1 Å². The van der Waals surface area contributed by atoms with Crippen molar-refractivity contribution in [2.45, 2.75) is 82.0 Å². The number of methoxy groups -OCH3 is 1. The number of thioether (sulfide) groups is 1. The first kappa shape index (κ1) is 31.9. The van der Waals surface area contributed by atoms with Gasteiger partial charge in [0.05, 0.1) is 30.5 Å².